The molecule has 0 radical (unpaired) electrons. The number of carbonyl (C=O) groups is 1. The fourth-order valence-electron chi connectivity index (χ4n) is 2.30. The van der Waals surface area contributed by atoms with E-state index < -0.39 is 0 Å². The van der Waals surface area contributed by atoms with Crippen molar-refractivity contribution in [2.45, 2.75) is 13.8 Å². The number of hydrogen-bond donors (Lipinski definition) is 1. The Morgan fingerprint density at radius 1 is 1.17 bits per heavy atom. The number of para-hydroxylation sites is 2. The maximum absolute atomic E-state index is 12.1. The first kappa shape index (κ1) is 15.9. The van der Waals surface area contributed by atoms with E-state index in [0.29, 0.717) is 40.8 Å². The van der Waals surface area contributed by atoms with Gasteiger partial charge in [-0.25, -0.2) is 4.98 Å². The van der Waals surface area contributed by atoms with Crippen LogP contribution in [0.1, 0.15) is 12.8 Å². The van der Waals surface area contributed by atoms with Gasteiger partial charge in [0.25, 0.3) is 5.91 Å². The molecule has 0 unspecified atom stereocenters. The first-order valence-electron chi connectivity index (χ1n) is 7.67. The monoisotopic (exact) mass is 326 g/mol. The van der Waals surface area contributed by atoms with Crippen LogP contribution in [0.5, 0.6) is 11.5 Å². The summed E-state index contributed by atoms with van der Waals surface area (Å²) in [6.07, 6.45) is 0. The molecule has 1 aromatic heterocycles. The zero-order valence-corrected chi connectivity index (χ0v) is 13.5. The van der Waals surface area contributed by atoms with Gasteiger partial charge in [-0.05, 0) is 37.3 Å². The molecule has 3 aromatic rings. The summed E-state index contributed by atoms with van der Waals surface area (Å²) >= 11 is 0. The number of ether oxygens (including phenoxy) is 2. The summed E-state index contributed by atoms with van der Waals surface area (Å²) in [4.78, 5) is 16.3. The number of rotatable bonds is 6. The summed E-state index contributed by atoms with van der Waals surface area (Å²) in [5, 5.41) is 2.78. The lowest BCUT2D eigenvalue weighted by atomic mass is 10.3. The lowest BCUT2D eigenvalue weighted by molar-refractivity contribution is -0.118. The molecule has 0 aliphatic rings. The minimum Gasteiger partial charge on any atom is -0.490 e. The van der Waals surface area contributed by atoms with Gasteiger partial charge < -0.3 is 19.2 Å². The summed E-state index contributed by atoms with van der Waals surface area (Å²) in [5.41, 5.74) is 2.03. The van der Waals surface area contributed by atoms with E-state index in [0.717, 1.165) is 0 Å². The summed E-state index contributed by atoms with van der Waals surface area (Å²) in [6, 6.07) is 12.6. The first-order chi connectivity index (χ1) is 11.7. The van der Waals surface area contributed by atoms with E-state index in [1.165, 1.54) is 0 Å². The number of carbonyl (C=O) groups excluding carboxylic acids is 1. The third-order valence-electron chi connectivity index (χ3n) is 3.29. The normalized spacial score (nSPS) is 10.6. The van der Waals surface area contributed by atoms with Crippen LogP contribution in [0.4, 0.5) is 5.69 Å². The molecule has 3 rings (SSSR count). The largest absolute Gasteiger partial charge is 0.490 e. The maximum Gasteiger partial charge on any atom is 0.262 e. The van der Waals surface area contributed by atoms with Gasteiger partial charge in [0, 0.05) is 12.6 Å². The van der Waals surface area contributed by atoms with Crippen LogP contribution in [0.25, 0.3) is 11.1 Å². The van der Waals surface area contributed by atoms with Gasteiger partial charge in [-0.2, -0.15) is 0 Å². The Kier molecular flexibility index (Phi) is 4.65. The zero-order valence-electron chi connectivity index (χ0n) is 13.5. The number of nitrogens with one attached hydrogen (secondary N) is 1. The fraction of sp³-hybridized carbons (Fsp3) is 0.222. The van der Waals surface area contributed by atoms with E-state index >= 15 is 0 Å². The van der Waals surface area contributed by atoms with Crippen LogP contribution in [0.2, 0.25) is 0 Å². The van der Waals surface area contributed by atoms with Crippen LogP contribution in [-0.2, 0) is 4.79 Å². The Balaban J connectivity index is 1.62. The first-order valence-corrected chi connectivity index (χ1v) is 7.67. The van der Waals surface area contributed by atoms with Crippen LogP contribution in [0, 0.1) is 6.92 Å². The van der Waals surface area contributed by atoms with Gasteiger partial charge in [0.1, 0.15) is 5.52 Å². The molecule has 0 saturated carbocycles. The molecule has 1 heterocycles. The number of aryl methyl sites for hydroxylation is 1. The van der Waals surface area contributed by atoms with Crippen molar-refractivity contribution < 1.29 is 18.7 Å². The lowest BCUT2D eigenvalue weighted by Crippen LogP contribution is -2.20. The Morgan fingerprint density at radius 3 is 2.67 bits per heavy atom. The molecular weight excluding hydrogens is 308 g/mol. The molecule has 124 valence electrons. The van der Waals surface area contributed by atoms with E-state index in [4.69, 9.17) is 13.9 Å². The number of anilines is 1. The molecule has 0 aliphatic heterocycles. The van der Waals surface area contributed by atoms with Crippen LogP contribution in [0.15, 0.2) is 46.9 Å². The van der Waals surface area contributed by atoms with E-state index in [-0.39, 0.29) is 12.5 Å². The predicted molar refractivity (Wildman–Crippen MR) is 90.5 cm³/mol. The van der Waals surface area contributed by atoms with Crippen LogP contribution in [-0.4, -0.2) is 24.1 Å². The van der Waals surface area contributed by atoms with E-state index in [2.05, 4.69) is 10.3 Å². The van der Waals surface area contributed by atoms with Crippen molar-refractivity contribution >= 4 is 22.7 Å². The molecule has 1 N–H and O–H groups in total. The lowest BCUT2D eigenvalue weighted by Gasteiger charge is -2.11. The molecule has 2 aromatic carbocycles. The predicted octanol–water partition coefficient (Wildman–Crippen LogP) is 3.55. The molecule has 0 saturated heterocycles. The second kappa shape index (κ2) is 7.04. The number of hydrogen-bond acceptors (Lipinski definition) is 5. The molecule has 0 bridgehead atoms. The number of nitrogens with zero attached hydrogens (tertiary/aromatic N) is 1. The third-order valence-corrected chi connectivity index (χ3v) is 3.29. The van der Waals surface area contributed by atoms with Crippen molar-refractivity contribution in [1.82, 2.24) is 4.98 Å². The summed E-state index contributed by atoms with van der Waals surface area (Å²) in [7, 11) is 0. The molecule has 6 nitrogen and oxygen atoms in total. The van der Waals surface area contributed by atoms with Gasteiger partial charge in [0.05, 0.1) is 6.61 Å². The van der Waals surface area contributed by atoms with Gasteiger partial charge in [-0.3, -0.25) is 4.79 Å². The number of fused-ring (bicyclic) bond motifs is 1. The summed E-state index contributed by atoms with van der Waals surface area (Å²) in [5.74, 6) is 1.48. The Bertz CT molecular complexity index is 857. The highest BCUT2D eigenvalue weighted by atomic mass is 16.5. The van der Waals surface area contributed by atoms with Crippen molar-refractivity contribution in [3.05, 3.63) is 48.4 Å². The van der Waals surface area contributed by atoms with Crippen LogP contribution in [0.3, 0.4) is 0 Å². The molecule has 1 amide bonds. The van der Waals surface area contributed by atoms with Gasteiger partial charge in [0.2, 0.25) is 0 Å². The average Bonchev–Trinajstić information content (AvgIpc) is 2.93. The second-order valence-corrected chi connectivity index (χ2v) is 5.13. The van der Waals surface area contributed by atoms with E-state index in [1.807, 2.05) is 19.1 Å². The number of benzene rings is 2. The van der Waals surface area contributed by atoms with Crippen molar-refractivity contribution in [1.29, 1.82) is 0 Å². The highest BCUT2D eigenvalue weighted by Crippen LogP contribution is 2.26. The minimum atomic E-state index is -0.263. The van der Waals surface area contributed by atoms with Crippen molar-refractivity contribution in [3.8, 4) is 11.5 Å². The Labute approximate surface area is 139 Å². The molecule has 0 fully saturated rings. The SMILES string of the molecule is CCOc1ccccc1OCC(=O)Nc1ccc2oc(C)nc2c1. The molecule has 6 heteroatoms. The van der Waals surface area contributed by atoms with Crippen LogP contribution >= 0.6 is 0 Å². The molecule has 0 aliphatic carbocycles. The quantitative estimate of drug-likeness (QED) is 0.750. The topological polar surface area (TPSA) is 73.6 Å². The van der Waals surface area contributed by atoms with E-state index in [9.17, 15) is 4.79 Å². The highest BCUT2D eigenvalue weighted by molar-refractivity contribution is 5.93. The van der Waals surface area contributed by atoms with Crippen molar-refractivity contribution in [2.75, 3.05) is 18.5 Å². The number of oxazole rings is 1. The smallest absolute Gasteiger partial charge is 0.262 e. The zero-order chi connectivity index (χ0) is 16.9. The standard InChI is InChI=1S/C18H18N2O4/c1-3-22-16-6-4-5-7-17(16)23-11-18(21)20-13-8-9-15-14(10-13)19-12(2)24-15/h4-10H,3,11H2,1-2H3,(H,20,21). The third kappa shape index (κ3) is 3.65. The summed E-state index contributed by atoms with van der Waals surface area (Å²) < 4.78 is 16.4. The van der Waals surface area contributed by atoms with Gasteiger partial charge >= 0.3 is 0 Å². The van der Waals surface area contributed by atoms with Crippen LogP contribution < -0.4 is 14.8 Å². The van der Waals surface area contributed by atoms with Gasteiger partial charge in [0.15, 0.2) is 29.6 Å². The Morgan fingerprint density at radius 2 is 1.92 bits per heavy atom. The molecular formula is C18H18N2O4. The summed E-state index contributed by atoms with van der Waals surface area (Å²) in [6.45, 7) is 4.09. The maximum atomic E-state index is 12.1. The molecule has 24 heavy (non-hydrogen) atoms. The number of amides is 1. The average molecular weight is 326 g/mol. The fourth-order valence-corrected chi connectivity index (χ4v) is 2.30. The minimum absolute atomic E-state index is 0.111. The molecule has 0 spiro atoms. The Hall–Kier alpha value is -3.02. The number of aromatic nitrogens is 1. The van der Waals surface area contributed by atoms with Crippen molar-refractivity contribution in [3.63, 3.8) is 0 Å². The van der Waals surface area contributed by atoms with Gasteiger partial charge in [-0.1, -0.05) is 12.1 Å². The van der Waals surface area contributed by atoms with Gasteiger partial charge in [-0.15, -0.1) is 0 Å². The molecule has 0 atom stereocenters. The second-order valence-electron chi connectivity index (χ2n) is 5.13. The van der Waals surface area contributed by atoms with Crippen molar-refractivity contribution in [2.24, 2.45) is 0 Å². The highest BCUT2D eigenvalue weighted by Gasteiger charge is 2.09. The van der Waals surface area contributed by atoms with E-state index in [1.54, 1.807) is 37.3 Å².